The van der Waals surface area contributed by atoms with Crippen molar-refractivity contribution in [1.29, 1.82) is 0 Å². The van der Waals surface area contributed by atoms with Gasteiger partial charge in [0.15, 0.2) is 0 Å². The van der Waals surface area contributed by atoms with Crippen molar-refractivity contribution in [3.8, 4) is 0 Å². The van der Waals surface area contributed by atoms with Gasteiger partial charge in [-0.25, -0.2) is 0 Å². The van der Waals surface area contributed by atoms with Crippen molar-refractivity contribution in [3.05, 3.63) is 17.0 Å². The van der Waals surface area contributed by atoms with E-state index in [0.717, 1.165) is 6.42 Å². The second-order valence-electron chi connectivity index (χ2n) is 4.90. The average molecular weight is 221 g/mol. The maximum atomic E-state index is 4.72. The van der Waals surface area contributed by atoms with Gasteiger partial charge in [0.05, 0.1) is 11.7 Å². The Hall–Kier alpha value is -0.830. The highest BCUT2D eigenvalue weighted by atomic mass is 15.3. The van der Waals surface area contributed by atoms with Crippen LogP contribution in [0.4, 0.5) is 0 Å². The van der Waals surface area contributed by atoms with Gasteiger partial charge in [-0.15, -0.1) is 0 Å². The van der Waals surface area contributed by atoms with Gasteiger partial charge in [0, 0.05) is 11.7 Å². The zero-order valence-corrected chi connectivity index (χ0v) is 10.9. The summed E-state index contributed by atoms with van der Waals surface area (Å²) in [7, 11) is 2.06. The van der Waals surface area contributed by atoms with Crippen molar-refractivity contribution in [2.75, 3.05) is 7.05 Å². The lowest BCUT2D eigenvalue weighted by atomic mass is 10.1. The number of aromatic nitrogens is 2. The Bertz CT molecular complexity index is 367. The van der Waals surface area contributed by atoms with Crippen LogP contribution in [0.15, 0.2) is 0 Å². The van der Waals surface area contributed by atoms with Crippen LogP contribution in [-0.2, 0) is 6.42 Å². The number of hydrogen-bond acceptors (Lipinski definition) is 2. The molecule has 1 heterocycles. The number of nitrogens with one attached hydrogen (secondary N) is 1. The average Bonchev–Trinajstić information content (AvgIpc) is 2.83. The van der Waals surface area contributed by atoms with Crippen molar-refractivity contribution in [2.24, 2.45) is 0 Å². The SMILES string of the molecule is CCc1c(C)nn(C2CCC(NC)C2)c1C. The predicted molar refractivity (Wildman–Crippen MR) is 66.8 cm³/mol. The molecule has 0 radical (unpaired) electrons. The maximum absolute atomic E-state index is 4.72. The first-order valence-corrected chi connectivity index (χ1v) is 6.39. The molecule has 0 saturated heterocycles. The first-order chi connectivity index (χ1) is 7.67. The molecular formula is C13H23N3. The summed E-state index contributed by atoms with van der Waals surface area (Å²) in [5, 5.41) is 8.10. The van der Waals surface area contributed by atoms with Crippen molar-refractivity contribution >= 4 is 0 Å². The monoisotopic (exact) mass is 221 g/mol. The lowest BCUT2D eigenvalue weighted by Gasteiger charge is -2.13. The fourth-order valence-electron chi connectivity index (χ4n) is 3.01. The van der Waals surface area contributed by atoms with Crippen LogP contribution in [0.3, 0.4) is 0 Å². The Morgan fingerprint density at radius 1 is 1.38 bits per heavy atom. The minimum Gasteiger partial charge on any atom is -0.317 e. The molecule has 2 atom stereocenters. The van der Waals surface area contributed by atoms with E-state index < -0.39 is 0 Å². The Labute approximate surface area is 98.2 Å². The Morgan fingerprint density at radius 2 is 2.12 bits per heavy atom. The summed E-state index contributed by atoms with van der Waals surface area (Å²) in [6, 6.07) is 1.29. The molecule has 1 saturated carbocycles. The van der Waals surface area contributed by atoms with Gasteiger partial charge in [-0.3, -0.25) is 4.68 Å². The maximum Gasteiger partial charge on any atom is 0.0628 e. The molecule has 0 aliphatic heterocycles. The molecule has 1 aliphatic rings. The van der Waals surface area contributed by atoms with Gasteiger partial charge in [-0.1, -0.05) is 6.92 Å². The third-order valence-electron chi connectivity index (χ3n) is 3.99. The molecule has 1 aromatic heterocycles. The lowest BCUT2D eigenvalue weighted by Crippen LogP contribution is -2.22. The summed E-state index contributed by atoms with van der Waals surface area (Å²) in [4.78, 5) is 0. The van der Waals surface area contributed by atoms with E-state index >= 15 is 0 Å². The van der Waals surface area contributed by atoms with Crippen molar-refractivity contribution in [2.45, 2.75) is 58.5 Å². The molecule has 0 bridgehead atoms. The number of rotatable bonds is 3. The van der Waals surface area contributed by atoms with Crippen LogP contribution in [0, 0.1) is 13.8 Å². The smallest absolute Gasteiger partial charge is 0.0628 e. The molecule has 90 valence electrons. The fraction of sp³-hybridized carbons (Fsp3) is 0.769. The van der Waals surface area contributed by atoms with E-state index in [4.69, 9.17) is 5.10 Å². The van der Waals surface area contributed by atoms with Crippen molar-refractivity contribution in [3.63, 3.8) is 0 Å². The zero-order chi connectivity index (χ0) is 11.7. The lowest BCUT2D eigenvalue weighted by molar-refractivity contribution is 0.440. The molecular weight excluding hydrogens is 198 g/mol. The minimum absolute atomic E-state index is 0.608. The third-order valence-corrected chi connectivity index (χ3v) is 3.99. The van der Waals surface area contributed by atoms with Gasteiger partial charge in [-0.2, -0.15) is 5.10 Å². The molecule has 2 rings (SSSR count). The van der Waals surface area contributed by atoms with Gasteiger partial charge in [0.2, 0.25) is 0 Å². The summed E-state index contributed by atoms with van der Waals surface area (Å²) >= 11 is 0. The molecule has 3 heteroatoms. The largest absolute Gasteiger partial charge is 0.317 e. The van der Waals surface area contributed by atoms with Gasteiger partial charge in [0.1, 0.15) is 0 Å². The summed E-state index contributed by atoms with van der Waals surface area (Å²) in [5.41, 5.74) is 4.03. The van der Waals surface area contributed by atoms with Crippen LogP contribution in [0.25, 0.3) is 0 Å². The first-order valence-electron chi connectivity index (χ1n) is 6.39. The van der Waals surface area contributed by atoms with Crippen LogP contribution in [-0.4, -0.2) is 22.9 Å². The highest BCUT2D eigenvalue weighted by Crippen LogP contribution is 2.31. The molecule has 0 spiro atoms. The molecule has 1 aromatic rings. The van der Waals surface area contributed by atoms with Crippen LogP contribution in [0.5, 0.6) is 0 Å². The molecule has 16 heavy (non-hydrogen) atoms. The standard InChI is InChI=1S/C13H23N3/c1-5-13-9(2)15-16(10(13)3)12-7-6-11(8-12)14-4/h11-12,14H,5-8H2,1-4H3. The molecule has 2 unspecified atom stereocenters. The normalized spacial score (nSPS) is 25.2. The van der Waals surface area contributed by atoms with Crippen molar-refractivity contribution < 1.29 is 0 Å². The van der Waals surface area contributed by atoms with Crippen molar-refractivity contribution in [1.82, 2.24) is 15.1 Å². The predicted octanol–water partition coefficient (Wildman–Crippen LogP) is 2.38. The van der Waals surface area contributed by atoms with E-state index in [1.54, 1.807) is 0 Å². The second kappa shape index (κ2) is 4.58. The van der Waals surface area contributed by atoms with Crippen LogP contribution in [0.2, 0.25) is 0 Å². The van der Waals surface area contributed by atoms with E-state index in [1.165, 1.54) is 36.2 Å². The van der Waals surface area contributed by atoms with E-state index in [9.17, 15) is 0 Å². The summed E-state index contributed by atoms with van der Waals surface area (Å²) in [6.45, 7) is 6.56. The van der Waals surface area contributed by atoms with Gasteiger partial charge < -0.3 is 5.32 Å². The van der Waals surface area contributed by atoms with E-state index in [-0.39, 0.29) is 0 Å². The summed E-state index contributed by atoms with van der Waals surface area (Å²) in [6.07, 6.45) is 4.86. The first kappa shape index (κ1) is 11.6. The van der Waals surface area contributed by atoms with Gasteiger partial charge in [-0.05, 0) is 52.1 Å². The van der Waals surface area contributed by atoms with E-state index in [2.05, 4.69) is 37.8 Å². The van der Waals surface area contributed by atoms with E-state index in [1.807, 2.05) is 0 Å². The summed E-state index contributed by atoms with van der Waals surface area (Å²) < 4.78 is 2.27. The van der Waals surface area contributed by atoms with Crippen LogP contribution in [0.1, 0.15) is 49.2 Å². The molecule has 3 nitrogen and oxygen atoms in total. The Morgan fingerprint density at radius 3 is 2.62 bits per heavy atom. The highest BCUT2D eigenvalue weighted by molar-refractivity contribution is 5.24. The van der Waals surface area contributed by atoms with Gasteiger partial charge in [0.25, 0.3) is 0 Å². The molecule has 1 aliphatic carbocycles. The van der Waals surface area contributed by atoms with Gasteiger partial charge >= 0.3 is 0 Å². The zero-order valence-electron chi connectivity index (χ0n) is 10.9. The minimum atomic E-state index is 0.608. The van der Waals surface area contributed by atoms with E-state index in [0.29, 0.717) is 12.1 Å². The Balaban J connectivity index is 2.22. The second-order valence-corrected chi connectivity index (χ2v) is 4.90. The molecule has 1 fully saturated rings. The third kappa shape index (κ3) is 1.88. The summed E-state index contributed by atoms with van der Waals surface area (Å²) in [5.74, 6) is 0. The number of nitrogens with zero attached hydrogens (tertiary/aromatic N) is 2. The fourth-order valence-corrected chi connectivity index (χ4v) is 3.01. The van der Waals surface area contributed by atoms with Crippen LogP contribution < -0.4 is 5.32 Å². The molecule has 0 aromatic carbocycles. The topological polar surface area (TPSA) is 29.9 Å². The highest BCUT2D eigenvalue weighted by Gasteiger charge is 2.27. The number of aryl methyl sites for hydroxylation is 1. The Kier molecular flexibility index (Phi) is 3.33. The molecule has 1 N–H and O–H groups in total. The van der Waals surface area contributed by atoms with Crippen LogP contribution >= 0.6 is 0 Å². The quantitative estimate of drug-likeness (QED) is 0.849. The molecule has 0 amide bonds. The number of hydrogen-bond donors (Lipinski definition) is 1.